The van der Waals surface area contributed by atoms with Gasteiger partial charge in [-0.1, -0.05) is 23.2 Å². The van der Waals surface area contributed by atoms with Gasteiger partial charge in [-0.3, -0.25) is 20.2 Å². The zero-order chi connectivity index (χ0) is 15.6. The second-order valence-electron chi connectivity index (χ2n) is 4.74. The van der Waals surface area contributed by atoms with Gasteiger partial charge >= 0.3 is 5.97 Å². The maximum Gasteiger partial charge on any atom is 0.323 e. The molecular formula is C13H14Cl2N2O4. The second-order valence-corrected chi connectivity index (χ2v) is 5.61. The summed E-state index contributed by atoms with van der Waals surface area (Å²) in [6, 6.07) is 2.48. The Bertz CT molecular complexity index is 547. The first kappa shape index (κ1) is 16.0. The lowest BCUT2D eigenvalue weighted by Crippen LogP contribution is -2.34. The van der Waals surface area contributed by atoms with Gasteiger partial charge in [0.1, 0.15) is 12.1 Å². The van der Waals surface area contributed by atoms with Gasteiger partial charge in [0.05, 0.1) is 6.61 Å². The zero-order valence-electron chi connectivity index (χ0n) is 11.2. The minimum absolute atomic E-state index is 0.0701. The van der Waals surface area contributed by atoms with E-state index in [0.29, 0.717) is 15.6 Å². The first-order valence-electron chi connectivity index (χ1n) is 6.44. The fourth-order valence-electron chi connectivity index (χ4n) is 2.46. The van der Waals surface area contributed by atoms with Crippen molar-refractivity contribution < 1.29 is 14.5 Å². The number of nitrogens with zero attached hydrogens (tertiary/aromatic N) is 1. The molecular weight excluding hydrogens is 319 g/mol. The van der Waals surface area contributed by atoms with Gasteiger partial charge in [0.2, 0.25) is 6.04 Å². The van der Waals surface area contributed by atoms with Crippen LogP contribution in [0, 0.1) is 10.1 Å². The van der Waals surface area contributed by atoms with E-state index in [2.05, 4.69) is 5.32 Å². The van der Waals surface area contributed by atoms with E-state index >= 15 is 0 Å². The van der Waals surface area contributed by atoms with Crippen LogP contribution in [0.25, 0.3) is 0 Å². The summed E-state index contributed by atoms with van der Waals surface area (Å²) >= 11 is 11.9. The van der Waals surface area contributed by atoms with Crippen molar-refractivity contribution in [2.45, 2.75) is 31.5 Å². The Morgan fingerprint density at radius 2 is 2.05 bits per heavy atom. The lowest BCUT2D eigenvalue weighted by atomic mass is 10.0. The Kier molecular flexibility index (Phi) is 5.03. The molecule has 21 heavy (non-hydrogen) atoms. The topological polar surface area (TPSA) is 81.5 Å². The average molecular weight is 333 g/mol. The second kappa shape index (κ2) is 6.60. The molecule has 1 aromatic carbocycles. The predicted molar refractivity (Wildman–Crippen MR) is 78.2 cm³/mol. The summed E-state index contributed by atoms with van der Waals surface area (Å²) in [5, 5.41) is 15.0. The molecule has 114 valence electrons. The van der Waals surface area contributed by atoms with Crippen molar-refractivity contribution in [3.05, 3.63) is 43.9 Å². The van der Waals surface area contributed by atoms with Gasteiger partial charge in [0.15, 0.2) is 0 Å². The van der Waals surface area contributed by atoms with E-state index in [1.54, 1.807) is 25.1 Å². The standard InChI is InChI=1S/C13H14Cl2N2O4/c1-2-21-13(18)10-6-11(17(19)20)12(16-10)7-3-8(14)5-9(15)4-7/h3-5,10-12,16H,2,6H2,1H3/t10-,11-,12-/m0/s1. The molecule has 6 nitrogen and oxygen atoms in total. The highest BCUT2D eigenvalue weighted by molar-refractivity contribution is 6.34. The van der Waals surface area contributed by atoms with Crippen LogP contribution in [-0.2, 0) is 9.53 Å². The van der Waals surface area contributed by atoms with E-state index in [1.165, 1.54) is 0 Å². The summed E-state index contributed by atoms with van der Waals surface area (Å²) in [4.78, 5) is 22.6. The molecule has 1 aliphatic rings. The maximum atomic E-state index is 11.8. The number of halogens is 2. The van der Waals surface area contributed by atoms with Gasteiger partial charge in [0, 0.05) is 21.4 Å². The van der Waals surface area contributed by atoms with Crippen molar-refractivity contribution in [2.75, 3.05) is 6.61 Å². The Hall–Kier alpha value is -1.37. The summed E-state index contributed by atoms with van der Waals surface area (Å²) in [7, 11) is 0. The first-order valence-corrected chi connectivity index (χ1v) is 7.20. The molecule has 0 aromatic heterocycles. The third-order valence-electron chi connectivity index (χ3n) is 3.33. The third kappa shape index (κ3) is 3.64. The number of carbonyl (C=O) groups excluding carboxylic acids is 1. The van der Waals surface area contributed by atoms with E-state index in [-0.39, 0.29) is 13.0 Å². The van der Waals surface area contributed by atoms with Crippen molar-refractivity contribution in [2.24, 2.45) is 0 Å². The molecule has 0 saturated carbocycles. The fraction of sp³-hybridized carbons (Fsp3) is 0.462. The summed E-state index contributed by atoms with van der Waals surface area (Å²) < 4.78 is 4.91. The van der Waals surface area contributed by atoms with Crippen molar-refractivity contribution >= 4 is 29.2 Å². The van der Waals surface area contributed by atoms with Crippen molar-refractivity contribution in [1.82, 2.24) is 5.32 Å². The molecule has 1 aliphatic heterocycles. The number of ether oxygens (including phenoxy) is 1. The van der Waals surface area contributed by atoms with E-state index in [0.717, 1.165) is 0 Å². The van der Waals surface area contributed by atoms with Crippen LogP contribution in [0.4, 0.5) is 0 Å². The van der Waals surface area contributed by atoms with Crippen molar-refractivity contribution in [3.8, 4) is 0 Å². The highest BCUT2D eigenvalue weighted by Gasteiger charge is 2.46. The van der Waals surface area contributed by atoms with Crippen molar-refractivity contribution in [1.29, 1.82) is 0 Å². The van der Waals surface area contributed by atoms with Crippen LogP contribution < -0.4 is 5.32 Å². The molecule has 1 N–H and O–H groups in total. The molecule has 3 atom stereocenters. The van der Waals surface area contributed by atoms with E-state index in [9.17, 15) is 14.9 Å². The normalized spacial score (nSPS) is 24.8. The molecule has 8 heteroatoms. The summed E-state index contributed by atoms with van der Waals surface area (Å²) in [6.07, 6.45) is 0.0701. The molecule has 0 bridgehead atoms. The molecule has 0 aliphatic carbocycles. The number of hydrogen-bond acceptors (Lipinski definition) is 5. The number of nitro groups is 1. The van der Waals surface area contributed by atoms with Gasteiger partial charge in [-0.2, -0.15) is 0 Å². The van der Waals surface area contributed by atoms with E-state index in [1.807, 2.05) is 0 Å². The number of rotatable bonds is 4. The Balaban J connectivity index is 2.27. The number of esters is 1. The Morgan fingerprint density at radius 1 is 1.43 bits per heavy atom. The zero-order valence-corrected chi connectivity index (χ0v) is 12.7. The van der Waals surface area contributed by atoms with E-state index < -0.39 is 29.0 Å². The summed E-state index contributed by atoms with van der Waals surface area (Å²) in [6.45, 7) is 1.92. The molecule has 2 rings (SSSR count). The summed E-state index contributed by atoms with van der Waals surface area (Å²) in [5.41, 5.74) is 0.584. The first-order chi connectivity index (χ1) is 9.92. The highest BCUT2D eigenvalue weighted by atomic mass is 35.5. The highest BCUT2D eigenvalue weighted by Crippen LogP contribution is 2.32. The van der Waals surface area contributed by atoms with Gasteiger partial charge in [0.25, 0.3) is 0 Å². The van der Waals surface area contributed by atoms with Crippen LogP contribution in [0.2, 0.25) is 10.0 Å². The Labute approximate surface area is 131 Å². The quantitative estimate of drug-likeness (QED) is 0.520. The monoisotopic (exact) mass is 332 g/mol. The minimum atomic E-state index is -0.936. The maximum absolute atomic E-state index is 11.8. The van der Waals surface area contributed by atoms with Crippen LogP contribution >= 0.6 is 23.2 Å². The molecule has 0 radical (unpaired) electrons. The molecule has 0 amide bonds. The SMILES string of the molecule is CCOC(=O)[C@@H]1C[C@H]([N+](=O)[O-])[C@H](c2cc(Cl)cc(Cl)c2)N1. The summed E-state index contributed by atoms with van der Waals surface area (Å²) in [5.74, 6) is -0.486. The van der Waals surface area contributed by atoms with Crippen LogP contribution in [0.3, 0.4) is 0 Å². The molecule has 1 heterocycles. The lowest BCUT2D eigenvalue weighted by molar-refractivity contribution is -0.524. The predicted octanol–water partition coefficient (Wildman–Crippen LogP) is 2.60. The third-order valence-corrected chi connectivity index (χ3v) is 3.77. The number of hydrogen-bond donors (Lipinski definition) is 1. The molecule has 0 unspecified atom stereocenters. The average Bonchev–Trinajstić information content (AvgIpc) is 2.83. The largest absolute Gasteiger partial charge is 0.465 e. The van der Waals surface area contributed by atoms with Crippen LogP contribution in [0.1, 0.15) is 24.9 Å². The van der Waals surface area contributed by atoms with E-state index in [4.69, 9.17) is 27.9 Å². The van der Waals surface area contributed by atoms with Crippen LogP contribution in [0.5, 0.6) is 0 Å². The smallest absolute Gasteiger partial charge is 0.323 e. The Morgan fingerprint density at radius 3 is 2.57 bits per heavy atom. The lowest BCUT2D eigenvalue weighted by Gasteiger charge is -2.15. The van der Waals surface area contributed by atoms with Gasteiger partial charge < -0.3 is 4.74 Å². The van der Waals surface area contributed by atoms with Gasteiger partial charge in [-0.25, -0.2) is 0 Å². The number of carbonyl (C=O) groups is 1. The van der Waals surface area contributed by atoms with Gasteiger partial charge in [-0.05, 0) is 30.7 Å². The molecule has 1 aromatic rings. The molecule has 1 saturated heterocycles. The van der Waals surface area contributed by atoms with Crippen LogP contribution in [-0.4, -0.2) is 29.6 Å². The van der Waals surface area contributed by atoms with Gasteiger partial charge in [-0.15, -0.1) is 0 Å². The van der Waals surface area contributed by atoms with Crippen molar-refractivity contribution in [3.63, 3.8) is 0 Å². The number of benzene rings is 1. The fourth-order valence-corrected chi connectivity index (χ4v) is 3.00. The molecule has 1 fully saturated rings. The minimum Gasteiger partial charge on any atom is -0.465 e. The number of nitrogens with one attached hydrogen (secondary N) is 1. The van der Waals surface area contributed by atoms with Crippen LogP contribution in [0.15, 0.2) is 18.2 Å². The molecule has 0 spiro atoms.